The number of rotatable bonds is 6. The predicted molar refractivity (Wildman–Crippen MR) is 111 cm³/mol. The van der Waals surface area contributed by atoms with Gasteiger partial charge in [0.2, 0.25) is 0 Å². The van der Waals surface area contributed by atoms with Gasteiger partial charge in [-0.1, -0.05) is 56.4 Å². The van der Waals surface area contributed by atoms with E-state index in [1.165, 1.54) is 29.2 Å². The van der Waals surface area contributed by atoms with E-state index in [1.54, 1.807) is 0 Å². The number of hydrogen-bond acceptors (Lipinski definition) is 1. The minimum atomic E-state index is 0.752. The second-order valence-corrected chi connectivity index (χ2v) is 6.62. The molecule has 0 amide bonds. The third kappa shape index (κ3) is 4.90. The molecule has 0 saturated heterocycles. The van der Waals surface area contributed by atoms with E-state index in [-0.39, 0.29) is 0 Å². The first-order chi connectivity index (χ1) is 12.8. The Balaban J connectivity index is 1.74. The van der Waals surface area contributed by atoms with Crippen molar-refractivity contribution in [2.24, 2.45) is 0 Å². The molecule has 0 aromatic heterocycles. The molecule has 0 radical (unpaired) electrons. The van der Waals surface area contributed by atoms with Gasteiger partial charge in [-0.15, -0.1) is 0 Å². The number of hydrogen-bond donors (Lipinski definition) is 0. The summed E-state index contributed by atoms with van der Waals surface area (Å²) in [5.41, 5.74) is 3.47. The van der Waals surface area contributed by atoms with Crippen LogP contribution in [0.1, 0.15) is 49.8 Å². The molecule has 0 N–H and O–H groups in total. The molecule has 0 unspecified atom stereocenters. The van der Waals surface area contributed by atoms with Gasteiger partial charge in [0.25, 0.3) is 0 Å². The standard InChI is InChI=1S/C25H26O/c1-3-5-6-21-9-13-24-19-22(10-14-23(24)18-21)8-7-20-11-15-25(16-12-20)26-17-4-2/h9-16,18-19H,3-6,17H2,1-2H3. The molecule has 1 heteroatoms. The summed E-state index contributed by atoms with van der Waals surface area (Å²) in [7, 11) is 0. The summed E-state index contributed by atoms with van der Waals surface area (Å²) in [4.78, 5) is 0. The minimum Gasteiger partial charge on any atom is -0.494 e. The average molecular weight is 342 g/mol. The highest BCUT2D eigenvalue weighted by Gasteiger charge is 1.98. The lowest BCUT2D eigenvalue weighted by atomic mass is 10.0. The molecule has 0 aliphatic carbocycles. The van der Waals surface area contributed by atoms with E-state index in [4.69, 9.17) is 4.74 Å². The van der Waals surface area contributed by atoms with Gasteiger partial charge in [0.05, 0.1) is 6.61 Å². The maximum atomic E-state index is 5.61. The summed E-state index contributed by atoms with van der Waals surface area (Å²) in [6, 6.07) is 21.2. The topological polar surface area (TPSA) is 9.23 Å². The lowest BCUT2D eigenvalue weighted by molar-refractivity contribution is 0.317. The van der Waals surface area contributed by atoms with E-state index in [0.29, 0.717) is 0 Å². The van der Waals surface area contributed by atoms with Crippen molar-refractivity contribution in [1.82, 2.24) is 0 Å². The maximum Gasteiger partial charge on any atom is 0.119 e. The van der Waals surface area contributed by atoms with Crippen molar-refractivity contribution in [3.63, 3.8) is 0 Å². The van der Waals surface area contributed by atoms with Gasteiger partial charge in [-0.3, -0.25) is 0 Å². The third-order valence-corrected chi connectivity index (χ3v) is 4.40. The fourth-order valence-electron chi connectivity index (χ4n) is 2.91. The van der Waals surface area contributed by atoms with Gasteiger partial charge in [-0.25, -0.2) is 0 Å². The SMILES string of the molecule is CCCCc1ccc2cc(C#Cc3ccc(OCCC)cc3)ccc2c1. The second-order valence-electron chi connectivity index (χ2n) is 6.62. The number of ether oxygens (including phenoxy) is 1. The zero-order valence-corrected chi connectivity index (χ0v) is 15.7. The van der Waals surface area contributed by atoms with E-state index in [1.807, 2.05) is 24.3 Å². The Hall–Kier alpha value is -2.72. The molecule has 132 valence electrons. The van der Waals surface area contributed by atoms with Crippen molar-refractivity contribution in [2.75, 3.05) is 6.61 Å². The van der Waals surface area contributed by atoms with Gasteiger partial charge in [-0.2, -0.15) is 0 Å². The molecule has 26 heavy (non-hydrogen) atoms. The Morgan fingerprint density at radius 1 is 0.731 bits per heavy atom. The van der Waals surface area contributed by atoms with Gasteiger partial charge in [0.15, 0.2) is 0 Å². The zero-order chi connectivity index (χ0) is 18.2. The summed E-state index contributed by atoms with van der Waals surface area (Å²) in [6.07, 6.45) is 4.66. The maximum absolute atomic E-state index is 5.61. The van der Waals surface area contributed by atoms with Crippen LogP contribution in [0, 0.1) is 11.8 Å². The minimum absolute atomic E-state index is 0.752. The molecule has 0 spiro atoms. The van der Waals surface area contributed by atoms with E-state index >= 15 is 0 Å². The van der Waals surface area contributed by atoms with Gasteiger partial charge < -0.3 is 4.74 Å². The zero-order valence-electron chi connectivity index (χ0n) is 15.7. The van der Waals surface area contributed by atoms with E-state index < -0.39 is 0 Å². The van der Waals surface area contributed by atoms with Crippen LogP contribution in [0.15, 0.2) is 60.7 Å². The smallest absolute Gasteiger partial charge is 0.119 e. The van der Waals surface area contributed by atoms with E-state index in [0.717, 1.165) is 36.3 Å². The second kappa shape index (κ2) is 9.11. The summed E-state index contributed by atoms with van der Waals surface area (Å²) in [5.74, 6) is 7.42. The molecule has 1 nitrogen and oxygen atoms in total. The summed E-state index contributed by atoms with van der Waals surface area (Å²) in [6.45, 7) is 5.09. The first kappa shape index (κ1) is 18.1. The van der Waals surface area contributed by atoms with Crippen LogP contribution in [0.4, 0.5) is 0 Å². The van der Waals surface area contributed by atoms with Crippen LogP contribution in [0.25, 0.3) is 10.8 Å². The average Bonchev–Trinajstić information content (AvgIpc) is 2.69. The van der Waals surface area contributed by atoms with Gasteiger partial charge in [0, 0.05) is 11.1 Å². The number of fused-ring (bicyclic) bond motifs is 1. The van der Waals surface area contributed by atoms with E-state index in [9.17, 15) is 0 Å². The van der Waals surface area contributed by atoms with Crippen molar-refractivity contribution < 1.29 is 4.74 Å². The fraction of sp³-hybridized carbons (Fsp3) is 0.280. The van der Waals surface area contributed by atoms with Gasteiger partial charge in [0.1, 0.15) is 5.75 Å². The molecule has 0 aliphatic heterocycles. The third-order valence-electron chi connectivity index (χ3n) is 4.40. The van der Waals surface area contributed by atoms with Crippen LogP contribution in [-0.2, 0) is 6.42 Å². The molecule has 0 heterocycles. The van der Waals surface area contributed by atoms with Crippen LogP contribution in [-0.4, -0.2) is 6.61 Å². The summed E-state index contributed by atoms with van der Waals surface area (Å²) < 4.78 is 5.61. The highest BCUT2D eigenvalue weighted by atomic mass is 16.5. The Bertz CT molecular complexity index is 910. The number of benzene rings is 3. The van der Waals surface area contributed by atoms with Gasteiger partial charge >= 0.3 is 0 Å². The van der Waals surface area contributed by atoms with Crippen LogP contribution < -0.4 is 4.74 Å². The van der Waals surface area contributed by atoms with Crippen LogP contribution in [0.2, 0.25) is 0 Å². The lowest BCUT2D eigenvalue weighted by Crippen LogP contribution is -1.94. The first-order valence-electron chi connectivity index (χ1n) is 9.56. The molecule has 3 aromatic carbocycles. The molecular weight excluding hydrogens is 316 g/mol. The van der Waals surface area contributed by atoms with Gasteiger partial charge in [-0.05, 0) is 72.0 Å². The molecule has 0 aliphatic rings. The fourth-order valence-corrected chi connectivity index (χ4v) is 2.91. The number of aryl methyl sites for hydroxylation is 1. The van der Waals surface area contributed by atoms with Crippen LogP contribution in [0.3, 0.4) is 0 Å². The summed E-state index contributed by atoms with van der Waals surface area (Å²) >= 11 is 0. The molecule has 0 saturated carbocycles. The normalized spacial score (nSPS) is 10.4. The Kier molecular flexibility index (Phi) is 6.34. The van der Waals surface area contributed by atoms with E-state index in [2.05, 4.69) is 62.1 Å². The highest BCUT2D eigenvalue weighted by molar-refractivity contribution is 5.84. The highest BCUT2D eigenvalue weighted by Crippen LogP contribution is 2.19. The monoisotopic (exact) mass is 342 g/mol. The Labute approximate surface area is 157 Å². The van der Waals surface area contributed by atoms with Crippen LogP contribution >= 0.6 is 0 Å². The van der Waals surface area contributed by atoms with Crippen molar-refractivity contribution >= 4 is 10.8 Å². The first-order valence-corrected chi connectivity index (χ1v) is 9.56. The quantitative estimate of drug-likeness (QED) is 0.473. The Morgan fingerprint density at radius 2 is 1.42 bits per heavy atom. The molecule has 3 rings (SSSR count). The van der Waals surface area contributed by atoms with Crippen molar-refractivity contribution in [3.05, 3.63) is 77.4 Å². The summed E-state index contributed by atoms with van der Waals surface area (Å²) in [5, 5.41) is 2.54. The largest absolute Gasteiger partial charge is 0.494 e. The molecular formula is C25H26O. The molecule has 3 aromatic rings. The molecule has 0 fully saturated rings. The van der Waals surface area contributed by atoms with Crippen LogP contribution in [0.5, 0.6) is 5.75 Å². The van der Waals surface area contributed by atoms with Crippen molar-refractivity contribution in [3.8, 4) is 17.6 Å². The predicted octanol–water partition coefficient (Wildman–Crippen LogP) is 6.37. The molecule has 0 atom stereocenters. The lowest BCUT2D eigenvalue weighted by Gasteiger charge is -2.04. The van der Waals surface area contributed by atoms with Crippen molar-refractivity contribution in [2.45, 2.75) is 39.5 Å². The number of unbranched alkanes of at least 4 members (excludes halogenated alkanes) is 1. The Morgan fingerprint density at radius 3 is 2.19 bits per heavy atom. The molecule has 0 bridgehead atoms. The van der Waals surface area contributed by atoms with Crippen molar-refractivity contribution in [1.29, 1.82) is 0 Å².